The molecular weight excluding hydrogens is 370 g/mol. The van der Waals surface area contributed by atoms with Gasteiger partial charge in [-0.25, -0.2) is 9.97 Å². The maximum atomic E-state index is 4.66. The van der Waals surface area contributed by atoms with Gasteiger partial charge in [0.1, 0.15) is 12.0 Å². The van der Waals surface area contributed by atoms with Crippen LogP contribution in [0.2, 0.25) is 0 Å². The lowest BCUT2D eigenvalue weighted by atomic mass is 9.99. The van der Waals surface area contributed by atoms with Crippen molar-refractivity contribution in [2.24, 2.45) is 0 Å². The maximum absolute atomic E-state index is 4.66. The molecule has 1 saturated heterocycles. The zero-order valence-electron chi connectivity index (χ0n) is 17.8. The highest BCUT2D eigenvalue weighted by Crippen LogP contribution is 2.43. The number of benzene rings is 2. The number of aromatic nitrogens is 2. The van der Waals surface area contributed by atoms with Crippen LogP contribution in [0.1, 0.15) is 36.0 Å². The second-order valence-corrected chi connectivity index (χ2v) is 8.55. The molecule has 3 heterocycles. The van der Waals surface area contributed by atoms with Crippen molar-refractivity contribution in [3.05, 3.63) is 71.7 Å². The third-order valence-corrected chi connectivity index (χ3v) is 6.49. The van der Waals surface area contributed by atoms with Crippen LogP contribution in [-0.2, 0) is 6.54 Å². The molecule has 2 aliphatic heterocycles. The summed E-state index contributed by atoms with van der Waals surface area (Å²) in [6, 6.07) is 15.9. The first-order valence-electron chi connectivity index (χ1n) is 10.9. The van der Waals surface area contributed by atoms with Crippen LogP contribution in [0.4, 0.5) is 22.9 Å². The van der Waals surface area contributed by atoms with Crippen LogP contribution in [-0.4, -0.2) is 34.0 Å². The fraction of sp³-hybridized carbons (Fsp3) is 0.360. The molecule has 0 spiro atoms. The third kappa shape index (κ3) is 3.65. The minimum Gasteiger partial charge on any atom is -0.350 e. The van der Waals surface area contributed by atoms with Crippen molar-refractivity contribution >= 4 is 22.9 Å². The fourth-order valence-electron chi connectivity index (χ4n) is 4.70. The van der Waals surface area contributed by atoms with E-state index in [0.717, 1.165) is 36.8 Å². The minimum absolute atomic E-state index is 0.495. The van der Waals surface area contributed by atoms with Gasteiger partial charge in [-0.2, -0.15) is 0 Å². The van der Waals surface area contributed by atoms with E-state index in [1.165, 1.54) is 41.6 Å². The summed E-state index contributed by atoms with van der Waals surface area (Å²) in [7, 11) is 0. The zero-order chi connectivity index (χ0) is 20.5. The molecule has 2 aliphatic rings. The Labute approximate surface area is 178 Å². The van der Waals surface area contributed by atoms with Crippen LogP contribution in [0, 0.1) is 13.8 Å². The molecule has 0 saturated carbocycles. The number of aryl methyl sites for hydroxylation is 2. The van der Waals surface area contributed by atoms with Crippen molar-refractivity contribution in [2.45, 2.75) is 45.7 Å². The molecule has 154 valence electrons. The number of piperidine rings is 1. The smallest absolute Gasteiger partial charge is 0.160 e. The Balaban J connectivity index is 1.48. The van der Waals surface area contributed by atoms with Crippen molar-refractivity contribution in [3.63, 3.8) is 0 Å². The first-order valence-corrected chi connectivity index (χ1v) is 10.9. The van der Waals surface area contributed by atoms with Crippen molar-refractivity contribution in [2.75, 3.05) is 23.3 Å². The summed E-state index contributed by atoms with van der Waals surface area (Å²) in [6.45, 7) is 7.46. The molecule has 1 unspecified atom stereocenters. The standard InChI is InChI=1S/C25H29N5/c1-18-12-22-24(13-19(18)2)30(25-23(28-22)14-26-17-27-25)16-21-10-6-7-11-29(21)15-20-8-4-3-5-9-20/h3-5,8-9,12-14,17,21,28H,6-7,10-11,15-16H2,1-2H3. The summed E-state index contributed by atoms with van der Waals surface area (Å²) < 4.78 is 0. The van der Waals surface area contributed by atoms with Gasteiger partial charge in [0.25, 0.3) is 0 Å². The van der Waals surface area contributed by atoms with Gasteiger partial charge < -0.3 is 10.2 Å². The lowest BCUT2D eigenvalue weighted by Crippen LogP contribution is -2.46. The number of hydrogen-bond donors (Lipinski definition) is 1. The highest BCUT2D eigenvalue weighted by molar-refractivity contribution is 5.90. The molecule has 5 nitrogen and oxygen atoms in total. The van der Waals surface area contributed by atoms with E-state index in [2.05, 4.69) is 81.4 Å². The molecular formula is C25H29N5. The summed E-state index contributed by atoms with van der Waals surface area (Å²) in [6.07, 6.45) is 7.33. The van der Waals surface area contributed by atoms with Crippen molar-refractivity contribution < 1.29 is 0 Å². The molecule has 0 radical (unpaired) electrons. The Morgan fingerprint density at radius 1 is 1.03 bits per heavy atom. The second kappa shape index (κ2) is 8.07. The summed E-state index contributed by atoms with van der Waals surface area (Å²) in [4.78, 5) is 14.0. The largest absolute Gasteiger partial charge is 0.350 e. The number of rotatable bonds is 4. The van der Waals surface area contributed by atoms with Crippen LogP contribution in [0.5, 0.6) is 0 Å². The van der Waals surface area contributed by atoms with Crippen molar-refractivity contribution in [3.8, 4) is 0 Å². The normalized spacial score (nSPS) is 18.5. The summed E-state index contributed by atoms with van der Waals surface area (Å²) >= 11 is 0. The van der Waals surface area contributed by atoms with Gasteiger partial charge in [-0.3, -0.25) is 4.90 Å². The first-order chi connectivity index (χ1) is 14.7. The number of anilines is 4. The number of likely N-dealkylation sites (tertiary alicyclic amines) is 1. The van der Waals surface area contributed by atoms with Gasteiger partial charge in [-0.05, 0) is 62.1 Å². The van der Waals surface area contributed by atoms with Crippen LogP contribution in [0.15, 0.2) is 55.0 Å². The predicted molar refractivity (Wildman–Crippen MR) is 123 cm³/mol. The van der Waals surface area contributed by atoms with E-state index in [4.69, 9.17) is 0 Å². The Morgan fingerprint density at radius 3 is 2.73 bits per heavy atom. The second-order valence-electron chi connectivity index (χ2n) is 8.55. The zero-order valence-corrected chi connectivity index (χ0v) is 17.8. The SMILES string of the molecule is Cc1cc2c(cc1C)N(CC1CCCCN1Cc1ccccc1)c1ncncc1N2. The van der Waals surface area contributed by atoms with E-state index in [0.29, 0.717) is 6.04 Å². The van der Waals surface area contributed by atoms with Crippen LogP contribution >= 0.6 is 0 Å². The van der Waals surface area contributed by atoms with Crippen molar-refractivity contribution in [1.29, 1.82) is 0 Å². The molecule has 5 heteroatoms. The van der Waals surface area contributed by atoms with Gasteiger partial charge in [0, 0.05) is 19.1 Å². The molecule has 1 N–H and O–H groups in total. The van der Waals surface area contributed by atoms with E-state index in [1.54, 1.807) is 6.33 Å². The lowest BCUT2D eigenvalue weighted by molar-refractivity contribution is 0.144. The number of nitrogens with zero attached hydrogens (tertiary/aromatic N) is 4. The average Bonchev–Trinajstić information content (AvgIpc) is 2.77. The Kier molecular flexibility index (Phi) is 5.13. The molecule has 0 amide bonds. The Morgan fingerprint density at radius 2 is 1.87 bits per heavy atom. The summed E-state index contributed by atoms with van der Waals surface area (Å²) in [5.74, 6) is 0.978. The molecule has 30 heavy (non-hydrogen) atoms. The average molecular weight is 400 g/mol. The number of fused-ring (bicyclic) bond motifs is 2. The molecule has 1 atom stereocenters. The summed E-state index contributed by atoms with van der Waals surface area (Å²) in [5, 5.41) is 3.55. The Bertz CT molecular complexity index is 1030. The highest BCUT2D eigenvalue weighted by Gasteiger charge is 2.30. The predicted octanol–water partition coefficient (Wildman–Crippen LogP) is 5.34. The molecule has 0 bridgehead atoms. The molecule has 3 aromatic rings. The lowest BCUT2D eigenvalue weighted by Gasteiger charge is -2.41. The monoisotopic (exact) mass is 399 g/mol. The fourth-order valence-corrected chi connectivity index (χ4v) is 4.70. The third-order valence-electron chi connectivity index (χ3n) is 6.49. The molecule has 5 rings (SSSR count). The van der Waals surface area contributed by atoms with Crippen molar-refractivity contribution in [1.82, 2.24) is 14.9 Å². The van der Waals surface area contributed by atoms with E-state index >= 15 is 0 Å². The number of nitrogens with one attached hydrogen (secondary N) is 1. The van der Waals surface area contributed by atoms with Crippen LogP contribution < -0.4 is 10.2 Å². The molecule has 2 aromatic carbocycles. The Hall–Kier alpha value is -2.92. The molecule has 1 fully saturated rings. The maximum Gasteiger partial charge on any atom is 0.160 e. The van der Waals surface area contributed by atoms with Crippen LogP contribution in [0.25, 0.3) is 0 Å². The van der Waals surface area contributed by atoms with E-state index in [9.17, 15) is 0 Å². The van der Waals surface area contributed by atoms with E-state index in [-0.39, 0.29) is 0 Å². The van der Waals surface area contributed by atoms with Gasteiger partial charge in [-0.1, -0.05) is 36.8 Å². The van der Waals surface area contributed by atoms with Crippen LogP contribution in [0.3, 0.4) is 0 Å². The minimum atomic E-state index is 0.495. The van der Waals surface area contributed by atoms with Gasteiger partial charge in [0.15, 0.2) is 5.82 Å². The highest BCUT2D eigenvalue weighted by atomic mass is 15.3. The first kappa shape index (κ1) is 19.1. The molecule has 1 aromatic heterocycles. The van der Waals surface area contributed by atoms with Gasteiger partial charge >= 0.3 is 0 Å². The summed E-state index contributed by atoms with van der Waals surface area (Å²) in [5.41, 5.74) is 7.34. The molecule has 0 aliphatic carbocycles. The van der Waals surface area contributed by atoms with Gasteiger partial charge in [0.2, 0.25) is 0 Å². The van der Waals surface area contributed by atoms with Gasteiger partial charge in [0.05, 0.1) is 17.6 Å². The quantitative estimate of drug-likeness (QED) is 0.641. The number of hydrogen-bond acceptors (Lipinski definition) is 5. The van der Waals surface area contributed by atoms with E-state index < -0.39 is 0 Å². The topological polar surface area (TPSA) is 44.3 Å². The van der Waals surface area contributed by atoms with Gasteiger partial charge in [-0.15, -0.1) is 0 Å². The van der Waals surface area contributed by atoms with E-state index in [1.807, 2.05) is 6.20 Å².